The van der Waals surface area contributed by atoms with Crippen molar-refractivity contribution in [2.75, 3.05) is 7.11 Å². The third-order valence-electron chi connectivity index (χ3n) is 3.74. The van der Waals surface area contributed by atoms with Crippen molar-refractivity contribution in [3.63, 3.8) is 0 Å². The first-order valence-electron chi connectivity index (χ1n) is 7.31. The SMILES string of the molecule is COC(=O)[C@@H](NC(=O)c1ccc2ccccc2c1)[C@H](C)CC#N. The molecule has 2 aromatic carbocycles. The van der Waals surface area contributed by atoms with Crippen LogP contribution in [0.2, 0.25) is 0 Å². The van der Waals surface area contributed by atoms with Gasteiger partial charge in [0.25, 0.3) is 5.91 Å². The molecule has 0 heterocycles. The van der Waals surface area contributed by atoms with Crippen molar-refractivity contribution in [3.8, 4) is 6.07 Å². The number of nitrogens with one attached hydrogen (secondary N) is 1. The number of fused-ring (bicyclic) bond motifs is 1. The van der Waals surface area contributed by atoms with E-state index < -0.39 is 12.0 Å². The van der Waals surface area contributed by atoms with Gasteiger partial charge in [-0.2, -0.15) is 5.26 Å². The summed E-state index contributed by atoms with van der Waals surface area (Å²) in [6.45, 7) is 1.73. The molecule has 0 fully saturated rings. The number of methoxy groups -OCH3 is 1. The highest BCUT2D eigenvalue weighted by Crippen LogP contribution is 2.16. The first kappa shape index (κ1) is 16.5. The van der Waals surface area contributed by atoms with Crippen LogP contribution in [0.25, 0.3) is 10.8 Å². The molecule has 2 aromatic rings. The van der Waals surface area contributed by atoms with Crippen molar-refractivity contribution < 1.29 is 14.3 Å². The van der Waals surface area contributed by atoms with E-state index in [0.29, 0.717) is 5.56 Å². The van der Waals surface area contributed by atoms with E-state index in [1.807, 2.05) is 36.4 Å². The van der Waals surface area contributed by atoms with Gasteiger partial charge in [0.05, 0.1) is 13.2 Å². The summed E-state index contributed by atoms with van der Waals surface area (Å²) in [6, 6.07) is 14.2. The van der Waals surface area contributed by atoms with Gasteiger partial charge in [0.15, 0.2) is 0 Å². The van der Waals surface area contributed by atoms with E-state index in [0.717, 1.165) is 10.8 Å². The predicted octanol–water partition coefficient (Wildman–Crippen LogP) is 2.66. The molecule has 1 N–H and O–H groups in total. The van der Waals surface area contributed by atoms with Crippen LogP contribution in [0.15, 0.2) is 42.5 Å². The van der Waals surface area contributed by atoms with Crippen LogP contribution in [0.3, 0.4) is 0 Å². The molecule has 0 bridgehead atoms. The predicted molar refractivity (Wildman–Crippen MR) is 86.6 cm³/mol. The molecule has 0 unspecified atom stereocenters. The van der Waals surface area contributed by atoms with Crippen LogP contribution in [0.1, 0.15) is 23.7 Å². The average molecular weight is 310 g/mol. The lowest BCUT2D eigenvalue weighted by molar-refractivity contribution is -0.144. The number of carbonyl (C=O) groups is 2. The molecule has 0 aliphatic heterocycles. The summed E-state index contributed by atoms with van der Waals surface area (Å²) >= 11 is 0. The van der Waals surface area contributed by atoms with Crippen LogP contribution >= 0.6 is 0 Å². The van der Waals surface area contributed by atoms with Crippen molar-refractivity contribution in [1.82, 2.24) is 5.32 Å². The Hall–Kier alpha value is -2.87. The lowest BCUT2D eigenvalue weighted by Gasteiger charge is -2.21. The summed E-state index contributed by atoms with van der Waals surface area (Å²) in [5.74, 6) is -1.25. The summed E-state index contributed by atoms with van der Waals surface area (Å²) in [6.07, 6.45) is 0.151. The van der Waals surface area contributed by atoms with Crippen molar-refractivity contribution >= 4 is 22.6 Å². The highest BCUT2D eigenvalue weighted by Gasteiger charge is 2.28. The molecular weight excluding hydrogens is 292 g/mol. The molecule has 0 saturated carbocycles. The molecule has 23 heavy (non-hydrogen) atoms. The Bertz CT molecular complexity index is 764. The molecular formula is C18H18N2O3. The summed E-state index contributed by atoms with van der Waals surface area (Å²) in [5.41, 5.74) is 0.460. The maximum absolute atomic E-state index is 12.4. The van der Waals surface area contributed by atoms with Gasteiger partial charge in [0, 0.05) is 17.9 Å². The van der Waals surface area contributed by atoms with E-state index in [1.54, 1.807) is 19.1 Å². The van der Waals surface area contributed by atoms with E-state index in [4.69, 9.17) is 10.00 Å². The number of rotatable bonds is 5. The molecule has 0 spiro atoms. The Morgan fingerprint density at radius 1 is 1.22 bits per heavy atom. The molecule has 2 atom stereocenters. The number of nitriles is 1. The third kappa shape index (κ3) is 3.86. The zero-order chi connectivity index (χ0) is 16.8. The van der Waals surface area contributed by atoms with Gasteiger partial charge in [-0.15, -0.1) is 0 Å². The van der Waals surface area contributed by atoms with E-state index >= 15 is 0 Å². The third-order valence-corrected chi connectivity index (χ3v) is 3.74. The van der Waals surface area contributed by atoms with Gasteiger partial charge < -0.3 is 10.1 Å². The first-order chi connectivity index (χ1) is 11.1. The second-order valence-electron chi connectivity index (χ2n) is 5.38. The minimum absolute atomic E-state index is 0.151. The number of ether oxygens (including phenoxy) is 1. The lowest BCUT2D eigenvalue weighted by atomic mass is 9.98. The van der Waals surface area contributed by atoms with E-state index in [1.165, 1.54) is 7.11 Å². The smallest absolute Gasteiger partial charge is 0.328 e. The van der Waals surface area contributed by atoms with Gasteiger partial charge in [-0.05, 0) is 22.9 Å². The van der Waals surface area contributed by atoms with Gasteiger partial charge in [-0.25, -0.2) is 4.79 Å². The fourth-order valence-electron chi connectivity index (χ4n) is 2.38. The van der Waals surface area contributed by atoms with Gasteiger partial charge >= 0.3 is 5.97 Å². The largest absolute Gasteiger partial charge is 0.467 e. The zero-order valence-electron chi connectivity index (χ0n) is 13.1. The number of hydrogen-bond donors (Lipinski definition) is 1. The highest BCUT2D eigenvalue weighted by atomic mass is 16.5. The minimum Gasteiger partial charge on any atom is -0.467 e. The summed E-state index contributed by atoms with van der Waals surface area (Å²) in [4.78, 5) is 24.3. The Morgan fingerprint density at radius 2 is 1.91 bits per heavy atom. The van der Waals surface area contributed by atoms with Crippen molar-refractivity contribution in [3.05, 3.63) is 48.0 Å². The fourth-order valence-corrected chi connectivity index (χ4v) is 2.38. The van der Waals surface area contributed by atoms with Gasteiger partial charge in [0.2, 0.25) is 0 Å². The minimum atomic E-state index is -0.848. The van der Waals surface area contributed by atoms with Crippen molar-refractivity contribution in [2.45, 2.75) is 19.4 Å². The molecule has 0 aromatic heterocycles. The van der Waals surface area contributed by atoms with E-state index in [-0.39, 0.29) is 18.2 Å². The highest BCUT2D eigenvalue weighted by molar-refractivity contribution is 6.00. The maximum atomic E-state index is 12.4. The van der Waals surface area contributed by atoms with Crippen molar-refractivity contribution in [2.24, 2.45) is 5.92 Å². The standard InChI is InChI=1S/C18H18N2O3/c1-12(9-10-19)16(18(22)23-2)20-17(21)15-8-7-13-5-3-4-6-14(13)11-15/h3-8,11-12,16H,9H2,1-2H3,(H,20,21)/t12-,16+/m1/s1. The molecule has 5 heteroatoms. The Labute approximate surface area is 134 Å². The van der Waals surface area contributed by atoms with Gasteiger partial charge in [0.1, 0.15) is 6.04 Å². The van der Waals surface area contributed by atoms with Crippen LogP contribution in [-0.4, -0.2) is 25.0 Å². The first-order valence-corrected chi connectivity index (χ1v) is 7.31. The molecule has 1 amide bonds. The molecule has 0 aliphatic carbocycles. The normalized spacial score (nSPS) is 12.9. The molecule has 0 radical (unpaired) electrons. The monoisotopic (exact) mass is 310 g/mol. The molecule has 2 rings (SSSR count). The van der Waals surface area contributed by atoms with Crippen LogP contribution in [0.5, 0.6) is 0 Å². The number of nitrogens with zero attached hydrogens (tertiary/aromatic N) is 1. The second-order valence-corrected chi connectivity index (χ2v) is 5.38. The maximum Gasteiger partial charge on any atom is 0.328 e. The van der Waals surface area contributed by atoms with Crippen molar-refractivity contribution in [1.29, 1.82) is 5.26 Å². The number of benzene rings is 2. The van der Waals surface area contributed by atoms with Crippen LogP contribution in [-0.2, 0) is 9.53 Å². The fraction of sp³-hybridized carbons (Fsp3) is 0.278. The molecule has 0 aliphatic rings. The molecule has 0 saturated heterocycles. The number of hydrogen-bond acceptors (Lipinski definition) is 4. The van der Waals surface area contributed by atoms with Crippen LogP contribution in [0.4, 0.5) is 0 Å². The zero-order valence-corrected chi connectivity index (χ0v) is 13.1. The second kappa shape index (κ2) is 7.41. The van der Waals surface area contributed by atoms with E-state index in [9.17, 15) is 9.59 Å². The van der Waals surface area contributed by atoms with Gasteiger partial charge in [-0.1, -0.05) is 37.3 Å². The van der Waals surface area contributed by atoms with Gasteiger partial charge in [-0.3, -0.25) is 4.79 Å². The number of esters is 1. The summed E-state index contributed by atoms with van der Waals surface area (Å²) < 4.78 is 4.72. The summed E-state index contributed by atoms with van der Waals surface area (Å²) in [7, 11) is 1.26. The molecule has 118 valence electrons. The van der Waals surface area contributed by atoms with Crippen LogP contribution < -0.4 is 5.32 Å². The Morgan fingerprint density at radius 3 is 2.57 bits per heavy atom. The number of carbonyl (C=O) groups excluding carboxylic acids is 2. The quantitative estimate of drug-likeness (QED) is 0.861. The topological polar surface area (TPSA) is 79.2 Å². The average Bonchev–Trinajstić information content (AvgIpc) is 2.58. The number of amides is 1. The Kier molecular flexibility index (Phi) is 5.32. The lowest BCUT2D eigenvalue weighted by Crippen LogP contribution is -2.45. The van der Waals surface area contributed by atoms with E-state index in [2.05, 4.69) is 5.32 Å². The summed E-state index contributed by atoms with van der Waals surface area (Å²) in [5, 5.41) is 13.4. The molecule has 5 nitrogen and oxygen atoms in total. The van der Waals surface area contributed by atoms with Crippen LogP contribution in [0, 0.1) is 17.2 Å². The Balaban J connectivity index is 2.22.